The maximum Gasteiger partial charge on any atom is 0.118 e. The van der Waals surface area contributed by atoms with Crippen molar-refractivity contribution in [2.24, 2.45) is 0 Å². The number of methoxy groups -OCH3 is 2. The molecule has 0 unspecified atom stereocenters. The lowest BCUT2D eigenvalue weighted by molar-refractivity contribution is 0.414. The number of rotatable bonds is 4. The fourth-order valence-corrected chi connectivity index (χ4v) is 1.93. The third-order valence-electron chi connectivity index (χ3n) is 3.03. The maximum absolute atomic E-state index is 9.37. The second kappa shape index (κ2) is 5.92. The third-order valence-corrected chi connectivity index (χ3v) is 3.03. The summed E-state index contributed by atoms with van der Waals surface area (Å²) in [7, 11) is 3.25. The van der Waals surface area contributed by atoms with Crippen molar-refractivity contribution in [1.82, 2.24) is 0 Å². The molecule has 0 N–H and O–H groups in total. The van der Waals surface area contributed by atoms with Gasteiger partial charge >= 0.3 is 0 Å². The first-order chi connectivity index (χ1) is 9.28. The van der Waals surface area contributed by atoms with E-state index in [4.69, 9.17) is 9.47 Å². The summed E-state index contributed by atoms with van der Waals surface area (Å²) in [4.78, 5) is 0. The van der Waals surface area contributed by atoms with E-state index in [1.807, 2.05) is 48.5 Å². The molecule has 0 heterocycles. The fourth-order valence-electron chi connectivity index (χ4n) is 1.93. The molecular weight excluding hydrogens is 238 g/mol. The van der Waals surface area contributed by atoms with Crippen molar-refractivity contribution in [3.05, 3.63) is 59.7 Å². The van der Waals surface area contributed by atoms with Gasteiger partial charge in [0.2, 0.25) is 0 Å². The molecule has 0 atom stereocenters. The first-order valence-electron chi connectivity index (χ1n) is 5.96. The summed E-state index contributed by atoms with van der Waals surface area (Å²) in [5.41, 5.74) is 1.90. The Bertz CT molecular complexity index is 520. The minimum atomic E-state index is -0.281. The van der Waals surface area contributed by atoms with E-state index in [2.05, 4.69) is 6.07 Å². The molecular formula is C16H15NO2. The first-order valence-corrected chi connectivity index (χ1v) is 5.96. The molecule has 0 saturated carbocycles. The van der Waals surface area contributed by atoms with E-state index in [1.54, 1.807) is 14.2 Å². The van der Waals surface area contributed by atoms with Gasteiger partial charge in [0.05, 0.1) is 26.2 Å². The van der Waals surface area contributed by atoms with Crippen molar-refractivity contribution in [2.45, 2.75) is 5.92 Å². The van der Waals surface area contributed by atoms with Gasteiger partial charge in [0.25, 0.3) is 0 Å². The van der Waals surface area contributed by atoms with Crippen LogP contribution < -0.4 is 9.47 Å². The van der Waals surface area contributed by atoms with E-state index in [1.165, 1.54) is 0 Å². The Morgan fingerprint density at radius 3 is 1.42 bits per heavy atom. The van der Waals surface area contributed by atoms with Crippen molar-refractivity contribution in [3.8, 4) is 17.6 Å². The molecule has 0 aliphatic rings. The summed E-state index contributed by atoms with van der Waals surface area (Å²) in [5.74, 6) is 1.29. The number of hydrogen-bond acceptors (Lipinski definition) is 3. The highest BCUT2D eigenvalue weighted by Gasteiger charge is 2.13. The molecule has 3 nitrogen and oxygen atoms in total. The lowest BCUT2D eigenvalue weighted by Crippen LogP contribution is -1.98. The van der Waals surface area contributed by atoms with Crippen LogP contribution >= 0.6 is 0 Å². The summed E-state index contributed by atoms with van der Waals surface area (Å²) in [6.07, 6.45) is 0. The zero-order valence-electron chi connectivity index (χ0n) is 11.0. The van der Waals surface area contributed by atoms with Crippen LogP contribution in [-0.2, 0) is 0 Å². The average molecular weight is 253 g/mol. The predicted octanol–water partition coefficient (Wildman–Crippen LogP) is 3.36. The van der Waals surface area contributed by atoms with Gasteiger partial charge in [0.15, 0.2) is 0 Å². The summed E-state index contributed by atoms with van der Waals surface area (Å²) in [6.45, 7) is 0. The third kappa shape index (κ3) is 2.86. The van der Waals surface area contributed by atoms with E-state index in [9.17, 15) is 5.26 Å². The first kappa shape index (κ1) is 13.0. The molecule has 2 rings (SSSR count). The van der Waals surface area contributed by atoms with Crippen molar-refractivity contribution in [2.75, 3.05) is 14.2 Å². The van der Waals surface area contributed by atoms with E-state index >= 15 is 0 Å². The zero-order chi connectivity index (χ0) is 13.7. The molecule has 0 radical (unpaired) electrons. The van der Waals surface area contributed by atoms with Crippen molar-refractivity contribution < 1.29 is 9.47 Å². The van der Waals surface area contributed by atoms with Crippen LogP contribution in [0.1, 0.15) is 17.0 Å². The van der Waals surface area contributed by atoms with Gasteiger partial charge in [-0.25, -0.2) is 0 Å². The van der Waals surface area contributed by atoms with Crippen LogP contribution in [0.3, 0.4) is 0 Å². The highest BCUT2D eigenvalue weighted by Crippen LogP contribution is 2.27. The van der Waals surface area contributed by atoms with Crippen molar-refractivity contribution in [3.63, 3.8) is 0 Å². The summed E-state index contributed by atoms with van der Waals surface area (Å²) >= 11 is 0. The molecule has 96 valence electrons. The van der Waals surface area contributed by atoms with Crippen molar-refractivity contribution >= 4 is 0 Å². The van der Waals surface area contributed by atoms with Crippen molar-refractivity contribution in [1.29, 1.82) is 5.26 Å². The second-order valence-corrected chi connectivity index (χ2v) is 4.11. The molecule has 3 heteroatoms. The van der Waals surface area contributed by atoms with Gasteiger partial charge in [0.1, 0.15) is 11.5 Å². The van der Waals surface area contributed by atoms with E-state index in [0.29, 0.717) is 0 Å². The Morgan fingerprint density at radius 1 is 0.789 bits per heavy atom. The van der Waals surface area contributed by atoms with Crippen LogP contribution in [0.25, 0.3) is 0 Å². The molecule has 0 amide bonds. The monoisotopic (exact) mass is 253 g/mol. The molecule has 0 bridgehead atoms. The van der Waals surface area contributed by atoms with Gasteiger partial charge in [-0.2, -0.15) is 5.26 Å². The number of benzene rings is 2. The van der Waals surface area contributed by atoms with Crippen LogP contribution in [-0.4, -0.2) is 14.2 Å². The van der Waals surface area contributed by atoms with Crippen LogP contribution in [0.15, 0.2) is 48.5 Å². The van der Waals surface area contributed by atoms with Crippen LogP contribution in [0.5, 0.6) is 11.5 Å². The Balaban J connectivity index is 2.30. The molecule has 0 aliphatic carbocycles. The highest BCUT2D eigenvalue weighted by atomic mass is 16.5. The van der Waals surface area contributed by atoms with Crippen LogP contribution in [0, 0.1) is 11.3 Å². The number of ether oxygens (including phenoxy) is 2. The Kier molecular flexibility index (Phi) is 4.04. The van der Waals surface area contributed by atoms with Gasteiger partial charge in [-0.05, 0) is 35.4 Å². The number of hydrogen-bond donors (Lipinski definition) is 0. The summed E-state index contributed by atoms with van der Waals surface area (Å²) in [5, 5.41) is 9.37. The molecule has 0 aliphatic heterocycles. The van der Waals surface area contributed by atoms with Gasteiger partial charge in [0, 0.05) is 0 Å². The maximum atomic E-state index is 9.37. The summed E-state index contributed by atoms with van der Waals surface area (Å²) < 4.78 is 10.2. The lowest BCUT2D eigenvalue weighted by Gasteiger charge is -2.11. The van der Waals surface area contributed by atoms with Gasteiger partial charge in [-0.3, -0.25) is 0 Å². The SMILES string of the molecule is COc1ccc(C(C#N)c2ccc(OC)cc2)cc1. The van der Waals surface area contributed by atoms with Crippen LogP contribution in [0.4, 0.5) is 0 Å². The molecule has 0 aromatic heterocycles. The second-order valence-electron chi connectivity index (χ2n) is 4.11. The smallest absolute Gasteiger partial charge is 0.118 e. The largest absolute Gasteiger partial charge is 0.497 e. The van der Waals surface area contributed by atoms with Gasteiger partial charge in [-0.1, -0.05) is 24.3 Å². The zero-order valence-corrected chi connectivity index (χ0v) is 11.0. The highest BCUT2D eigenvalue weighted by molar-refractivity contribution is 5.41. The van der Waals surface area contributed by atoms with E-state index < -0.39 is 0 Å². The normalized spacial score (nSPS) is 10.0. The van der Waals surface area contributed by atoms with Gasteiger partial charge < -0.3 is 9.47 Å². The predicted molar refractivity (Wildman–Crippen MR) is 73.4 cm³/mol. The molecule has 2 aromatic rings. The Hall–Kier alpha value is -2.47. The van der Waals surface area contributed by atoms with Gasteiger partial charge in [-0.15, -0.1) is 0 Å². The number of nitriles is 1. The van der Waals surface area contributed by atoms with E-state index in [-0.39, 0.29) is 5.92 Å². The lowest BCUT2D eigenvalue weighted by atomic mass is 9.92. The fraction of sp³-hybridized carbons (Fsp3) is 0.188. The average Bonchev–Trinajstić information content (AvgIpc) is 2.49. The number of nitrogens with zero attached hydrogens (tertiary/aromatic N) is 1. The molecule has 0 fully saturated rings. The quantitative estimate of drug-likeness (QED) is 0.839. The van der Waals surface area contributed by atoms with E-state index in [0.717, 1.165) is 22.6 Å². The topological polar surface area (TPSA) is 42.2 Å². The summed E-state index contributed by atoms with van der Waals surface area (Å²) in [6, 6.07) is 17.4. The Morgan fingerprint density at radius 2 is 1.16 bits per heavy atom. The molecule has 0 saturated heterocycles. The Labute approximate surface area is 113 Å². The molecule has 19 heavy (non-hydrogen) atoms. The standard InChI is InChI=1S/C16H15NO2/c1-18-14-7-3-12(4-8-14)16(11-17)13-5-9-15(19-2)10-6-13/h3-10,16H,1-2H3. The van der Waals surface area contributed by atoms with Crippen LogP contribution in [0.2, 0.25) is 0 Å². The minimum absolute atomic E-state index is 0.281. The minimum Gasteiger partial charge on any atom is -0.497 e. The molecule has 0 spiro atoms. The molecule has 2 aromatic carbocycles.